The third-order valence-electron chi connectivity index (χ3n) is 2.59. The molecule has 1 aromatic rings. The Morgan fingerprint density at radius 2 is 2.28 bits per heavy atom. The van der Waals surface area contributed by atoms with Gasteiger partial charge < -0.3 is 14.3 Å². The minimum Gasteiger partial charge on any atom is -0.497 e. The number of nitrogens with zero attached hydrogens (tertiary/aromatic N) is 1. The van der Waals surface area contributed by atoms with Crippen molar-refractivity contribution in [3.63, 3.8) is 0 Å². The van der Waals surface area contributed by atoms with Crippen LogP contribution in [0.4, 0.5) is 0 Å². The summed E-state index contributed by atoms with van der Waals surface area (Å²) in [5.74, 6) is 0.977. The number of fused-ring (bicyclic) bond motifs is 1. The second-order valence-electron chi connectivity index (χ2n) is 4.12. The Morgan fingerprint density at radius 3 is 2.94 bits per heavy atom. The Hall–Kier alpha value is -2.04. The zero-order valence-corrected chi connectivity index (χ0v) is 10.6. The highest BCUT2D eigenvalue weighted by atomic mass is 16.7. The van der Waals surface area contributed by atoms with Gasteiger partial charge in [-0.05, 0) is 19.1 Å². The first-order chi connectivity index (χ1) is 8.60. The molecule has 0 aromatic heterocycles. The van der Waals surface area contributed by atoms with Gasteiger partial charge in [0, 0.05) is 25.0 Å². The van der Waals surface area contributed by atoms with Gasteiger partial charge in [-0.2, -0.15) is 0 Å². The van der Waals surface area contributed by atoms with E-state index >= 15 is 0 Å². The van der Waals surface area contributed by atoms with Crippen molar-refractivity contribution in [3.05, 3.63) is 23.8 Å². The average molecular weight is 249 g/mol. The van der Waals surface area contributed by atoms with Crippen molar-refractivity contribution in [1.82, 2.24) is 0 Å². The largest absolute Gasteiger partial charge is 0.497 e. The first kappa shape index (κ1) is 12.4. The molecule has 1 aliphatic heterocycles. The van der Waals surface area contributed by atoms with Gasteiger partial charge in [0.15, 0.2) is 0 Å². The van der Waals surface area contributed by atoms with E-state index in [2.05, 4.69) is 5.16 Å². The molecule has 2 rings (SSSR count). The number of carbonyl (C=O) groups excluding carboxylic acids is 1. The number of benzene rings is 1. The molecule has 0 saturated carbocycles. The van der Waals surface area contributed by atoms with Crippen molar-refractivity contribution in [1.29, 1.82) is 0 Å². The van der Waals surface area contributed by atoms with Crippen LogP contribution in [0.15, 0.2) is 23.4 Å². The normalized spacial score (nSPS) is 19.9. The van der Waals surface area contributed by atoms with Crippen LogP contribution in [0.3, 0.4) is 0 Å². The van der Waals surface area contributed by atoms with Gasteiger partial charge in [-0.1, -0.05) is 5.16 Å². The first-order valence-electron chi connectivity index (χ1n) is 5.69. The molecule has 1 aromatic carbocycles. The van der Waals surface area contributed by atoms with Gasteiger partial charge in [0.1, 0.15) is 17.6 Å². The van der Waals surface area contributed by atoms with Gasteiger partial charge in [-0.3, -0.25) is 0 Å². The van der Waals surface area contributed by atoms with Crippen LogP contribution in [0.5, 0.6) is 11.5 Å². The molecule has 18 heavy (non-hydrogen) atoms. The Bertz CT molecular complexity index is 496. The highest BCUT2D eigenvalue weighted by Gasteiger charge is 2.23. The topological polar surface area (TPSA) is 57.1 Å². The van der Waals surface area contributed by atoms with Crippen molar-refractivity contribution >= 4 is 11.7 Å². The van der Waals surface area contributed by atoms with Gasteiger partial charge in [0.25, 0.3) is 0 Å². The third kappa shape index (κ3) is 2.61. The summed E-state index contributed by atoms with van der Waals surface area (Å²) in [6.45, 7) is 3.26. The van der Waals surface area contributed by atoms with E-state index in [9.17, 15) is 4.79 Å². The lowest BCUT2D eigenvalue weighted by molar-refractivity contribution is -0.140. The monoisotopic (exact) mass is 249 g/mol. The number of hydrogen-bond acceptors (Lipinski definition) is 5. The molecule has 0 spiro atoms. The van der Waals surface area contributed by atoms with E-state index < -0.39 is 5.97 Å². The van der Waals surface area contributed by atoms with Crippen LogP contribution in [0.25, 0.3) is 0 Å². The number of methoxy groups -OCH3 is 1. The van der Waals surface area contributed by atoms with Crippen molar-refractivity contribution < 1.29 is 19.1 Å². The van der Waals surface area contributed by atoms with E-state index in [4.69, 9.17) is 14.3 Å². The van der Waals surface area contributed by atoms with E-state index in [1.807, 2.05) is 19.1 Å². The standard InChI is InChI=1S/C13H15NO4/c1-8-6-12(14-18-9(2)15)11-5-4-10(16-3)7-13(11)17-8/h4-5,7-8H,6H2,1-3H3/b14-12-. The molecule has 0 fully saturated rings. The van der Waals surface area contributed by atoms with Crippen molar-refractivity contribution in [3.8, 4) is 11.5 Å². The van der Waals surface area contributed by atoms with E-state index in [0.717, 1.165) is 11.3 Å². The van der Waals surface area contributed by atoms with E-state index in [1.165, 1.54) is 6.92 Å². The van der Waals surface area contributed by atoms with Crippen molar-refractivity contribution in [2.24, 2.45) is 5.16 Å². The molecule has 1 unspecified atom stereocenters. The van der Waals surface area contributed by atoms with E-state index in [0.29, 0.717) is 17.9 Å². The molecule has 0 N–H and O–H groups in total. The van der Waals surface area contributed by atoms with Crippen LogP contribution in [0.2, 0.25) is 0 Å². The van der Waals surface area contributed by atoms with E-state index in [-0.39, 0.29) is 6.10 Å². The molecule has 1 heterocycles. The van der Waals surface area contributed by atoms with Crippen molar-refractivity contribution in [2.75, 3.05) is 7.11 Å². The summed E-state index contributed by atoms with van der Waals surface area (Å²) < 4.78 is 10.9. The predicted molar refractivity (Wildman–Crippen MR) is 66.0 cm³/mol. The molecule has 5 nitrogen and oxygen atoms in total. The molecule has 1 atom stereocenters. The molecule has 0 saturated heterocycles. The maximum atomic E-state index is 10.8. The molecule has 0 amide bonds. The number of rotatable bonds is 2. The second-order valence-corrected chi connectivity index (χ2v) is 4.12. The highest BCUT2D eigenvalue weighted by Crippen LogP contribution is 2.31. The zero-order chi connectivity index (χ0) is 13.1. The van der Waals surface area contributed by atoms with Crippen molar-refractivity contribution in [2.45, 2.75) is 26.4 Å². The minimum atomic E-state index is -0.434. The van der Waals surface area contributed by atoms with Gasteiger partial charge in [-0.15, -0.1) is 0 Å². The Morgan fingerprint density at radius 1 is 1.50 bits per heavy atom. The molecule has 96 valence electrons. The summed E-state index contributed by atoms with van der Waals surface area (Å²) in [5, 5.41) is 3.88. The Kier molecular flexibility index (Phi) is 3.50. The average Bonchev–Trinajstić information content (AvgIpc) is 2.34. The number of carbonyl (C=O) groups is 1. The lowest BCUT2D eigenvalue weighted by Crippen LogP contribution is -2.25. The maximum Gasteiger partial charge on any atom is 0.331 e. The molecular formula is C13H15NO4. The summed E-state index contributed by atoms with van der Waals surface area (Å²) in [6, 6.07) is 5.47. The molecule has 0 bridgehead atoms. The number of ether oxygens (including phenoxy) is 2. The fraction of sp³-hybridized carbons (Fsp3) is 0.385. The van der Waals surface area contributed by atoms with Gasteiger partial charge in [-0.25, -0.2) is 4.79 Å². The van der Waals surface area contributed by atoms with Crippen LogP contribution in [0, 0.1) is 0 Å². The zero-order valence-electron chi connectivity index (χ0n) is 10.6. The fourth-order valence-electron chi connectivity index (χ4n) is 1.81. The quantitative estimate of drug-likeness (QED) is 0.595. The summed E-state index contributed by atoms with van der Waals surface area (Å²) in [4.78, 5) is 15.5. The summed E-state index contributed by atoms with van der Waals surface area (Å²) in [6.07, 6.45) is 0.589. The molecule has 0 aliphatic carbocycles. The lowest BCUT2D eigenvalue weighted by atomic mass is 10.0. The lowest BCUT2D eigenvalue weighted by Gasteiger charge is -2.24. The second kappa shape index (κ2) is 5.08. The van der Waals surface area contributed by atoms with Gasteiger partial charge in [0.2, 0.25) is 0 Å². The number of hydrogen-bond donors (Lipinski definition) is 0. The molecule has 1 aliphatic rings. The Balaban J connectivity index is 2.36. The fourth-order valence-corrected chi connectivity index (χ4v) is 1.81. The predicted octanol–water partition coefficient (Wildman–Crippen LogP) is 2.13. The van der Waals surface area contributed by atoms with Gasteiger partial charge in [0.05, 0.1) is 12.8 Å². The van der Waals surface area contributed by atoms with Crippen LogP contribution in [0.1, 0.15) is 25.8 Å². The third-order valence-corrected chi connectivity index (χ3v) is 2.59. The first-order valence-corrected chi connectivity index (χ1v) is 5.69. The molecular weight excluding hydrogens is 234 g/mol. The highest BCUT2D eigenvalue weighted by molar-refractivity contribution is 6.04. The molecule has 5 heteroatoms. The maximum absolute atomic E-state index is 10.8. The van der Waals surface area contributed by atoms with E-state index in [1.54, 1.807) is 13.2 Å². The van der Waals surface area contributed by atoms with Crippen LogP contribution in [-0.2, 0) is 9.63 Å². The number of oxime groups is 1. The van der Waals surface area contributed by atoms with Crippen LogP contribution >= 0.6 is 0 Å². The summed E-state index contributed by atoms with van der Waals surface area (Å²) in [7, 11) is 1.60. The van der Waals surface area contributed by atoms with Crippen LogP contribution in [-0.4, -0.2) is 24.9 Å². The minimum absolute atomic E-state index is 0.0149. The SMILES string of the molecule is COc1ccc2c(c1)OC(C)C/C2=N/OC(C)=O. The summed E-state index contributed by atoms with van der Waals surface area (Å²) in [5.41, 5.74) is 1.54. The van der Waals surface area contributed by atoms with Gasteiger partial charge >= 0.3 is 5.97 Å². The summed E-state index contributed by atoms with van der Waals surface area (Å²) >= 11 is 0. The smallest absolute Gasteiger partial charge is 0.331 e. The van der Waals surface area contributed by atoms with Crippen LogP contribution < -0.4 is 9.47 Å². The Labute approximate surface area is 105 Å². The molecule has 0 radical (unpaired) electrons.